The summed E-state index contributed by atoms with van der Waals surface area (Å²) < 4.78 is 39.8. The Labute approximate surface area is 171 Å². The van der Waals surface area contributed by atoms with E-state index in [0.29, 0.717) is 25.6 Å². The average Bonchev–Trinajstić information content (AvgIpc) is 2.69. The second kappa shape index (κ2) is 9.37. The van der Waals surface area contributed by atoms with Crippen molar-refractivity contribution in [1.29, 1.82) is 0 Å². The molecular weight excluding hydrogens is 393 g/mol. The molecule has 2 aromatic rings. The number of amides is 2. The Morgan fingerprint density at radius 1 is 1.14 bits per heavy atom. The largest absolute Gasteiger partial charge is 0.338 e. The number of piperidine rings is 1. The number of nitrogens with one attached hydrogen (secondary N) is 2. The predicted molar refractivity (Wildman–Crippen MR) is 111 cm³/mol. The van der Waals surface area contributed by atoms with Gasteiger partial charge in [-0.05, 0) is 74.1 Å². The third kappa shape index (κ3) is 5.77. The summed E-state index contributed by atoms with van der Waals surface area (Å²) in [6.45, 7) is 3.36. The molecule has 8 heteroatoms. The third-order valence-electron chi connectivity index (χ3n) is 5.14. The van der Waals surface area contributed by atoms with Crippen LogP contribution in [0.3, 0.4) is 0 Å². The number of anilines is 1. The average molecular weight is 420 g/mol. The van der Waals surface area contributed by atoms with Gasteiger partial charge < -0.3 is 10.6 Å². The number of hydrogen-bond acceptors (Lipinski definition) is 3. The first-order valence-corrected chi connectivity index (χ1v) is 11.2. The van der Waals surface area contributed by atoms with Crippen LogP contribution in [0.5, 0.6) is 0 Å². The van der Waals surface area contributed by atoms with Gasteiger partial charge in [0.25, 0.3) is 0 Å². The number of aryl methyl sites for hydroxylation is 1. The van der Waals surface area contributed by atoms with Crippen molar-refractivity contribution in [3.8, 4) is 0 Å². The van der Waals surface area contributed by atoms with Gasteiger partial charge in [-0.25, -0.2) is 17.6 Å². The summed E-state index contributed by atoms with van der Waals surface area (Å²) in [6, 6.07) is 12.3. The zero-order chi connectivity index (χ0) is 20.9. The first-order chi connectivity index (χ1) is 13.8. The monoisotopic (exact) mass is 419 g/mol. The van der Waals surface area contributed by atoms with Crippen molar-refractivity contribution < 1.29 is 17.6 Å². The van der Waals surface area contributed by atoms with Crippen LogP contribution in [0.1, 0.15) is 24.8 Å². The first kappa shape index (κ1) is 21.3. The molecule has 0 bridgehead atoms. The van der Waals surface area contributed by atoms with Gasteiger partial charge in [0.2, 0.25) is 10.0 Å². The van der Waals surface area contributed by atoms with E-state index >= 15 is 0 Å². The van der Waals surface area contributed by atoms with Crippen LogP contribution in [0.25, 0.3) is 0 Å². The Kier molecular flexibility index (Phi) is 6.87. The number of carbonyl (C=O) groups excluding carboxylic acids is 1. The van der Waals surface area contributed by atoms with Crippen LogP contribution in [0.2, 0.25) is 0 Å². The van der Waals surface area contributed by atoms with Crippen molar-refractivity contribution in [2.24, 2.45) is 5.92 Å². The summed E-state index contributed by atoms with van der Waals surface area (Å²) >= 11 is 0. The quantitative estimate of drug-likeness (QED) is 0.749. The molecule has 1 fully saturated rings. The van der Waals surface area contributed by atoms with Gasteiger partial charge in [-0.2, -0.15) is 4.31 Å². The maximum atomic E-state index is 13.0. The van der Waals surface area contributed by atoms with Gasteiger partial charge in [-0.15, -0.1) is 0 Å². The highest BCUT2D eigenvalue weighted by atomic mass is 32.2. The number of sulfonamides is 1. The van der Waals surface area contributed by atoms with E-state index in [0.717, 1.165) is 42.6 Å². The van der Waals surface area contributed by atoms with E-state index in [1.807, 2.05) is 31.2 Å². The van der Waals surface area contributed by atoms with E-state index in [1.54, 1.807) is 0 Å². The summed E-state index contributed by atoms with van der Waals surface area (Å²) in [5.74, 6) is -0.101. The number of rotatable bonds is 6. The minimum Gasteiger partial charge on any atom is -0.338 e. The summed E-state index contributed by atoms with van der Waals surface area (Å²) in [4.78, 5) is 12.1. The summed E-state index contributed by atoms with van der Waals surface area (Å²) in [7, 11) is -3.59. The topological polar surface area (TPSA) is 78.5 Å². The molecule has 1 aliphatic rings. The van der Waals surface area contributed by atoms with E-state index in [2.05, 4.69) is 10.6 Å². The van der Waals surface area contributed by atoms with Crippen LogP contribution in [0.15, 0.2) is 53.4 Å². The van der Waals surface area contributed by atoms with Crippen LogP contribution in [0.4, 0.5) is 14.9 Å². The van der Waals surface area contributed by atoms with Crippen LogP contribution >= 0.6 is 0 Å². The van der Waals surface area contributed by atoms with E-state index in [-0.39, 0.29) is 10.9 Å². The maximum Gasteiger partial charge on any atom is 0.319 e. The van der Waals surface area contributed by atoms with Crippen molar-refractivity contribution in [2.75, 3.05) is 25.0 Å². The van der Waals surface area contributed by atoms with E-state index in [4.69, 9.17) is 0 Å². The molecule has 2 amide bonds. The van der Waals surface area contributed by atoms with Crippen molar-refractivity contribution in [2.45, 2.75) is 31.1 Å². The van der Waals surface area contributed by atoms with Crippen LogP contribution in [0, 0.1) is 18.7 Å². The third-order valence-corrected chi connectivity index (χ3v) is 7.05. The van der Waals surface area contributed by atoms with Crippen LogP contribution < -0.4 is 10.6 Å². The maximum absolute atomic E-state index is 13.0. The molecule has 29 heavy (non-hydrogen) atoms. The first-order valence-electron chi connectivity index (χ1n) is 9.72. The lowest BCUT2D eigenvalue weighted by molar-refractivity contribution is 0.245. The Balaban J connectivity index is 1.42. The molecule has 0 atom stereocenters. The van der Waals surface area contributed by atoms with Gasteiger partial charge in [-0.3, -0.25) is 0 Å². The van der Waals surface area contributed by atoms with Crippen molar-refractivity contribution in [3.05, 3.63) is 59.9 Å². The SMILES string of the molecule is Cc1cccc(NC(=O)NCCC2CCN(S(=O)(=O)c3ccc(F)cc3)CC2)c1. The smallest absolute Gasteiger partial charge is 0.319 e. The van der Waals surface area contributed by atoms with Crippen LogP contribution in [-0.2, 0) is 10.0 Å². The standard InChI is InChI=1S/C21H26FN3O3S/c1-16-3-2-4-19(15-16)24-21(26)23-12-9-17-10-13-25(14-11-17)29(27,28)20-7-5-18(22)6-8-20/h2-8,15,17H,9-14H2,1H3,(H2,23,24,26). The van der Waals surface area contributed by atoms with E-state index in [9.17, 15) is 17.6 Å². The fraction of sp³-hybridized carbons (Fsp3) is 0.381. The Hall–Kier alpha value is -2.45. The molecule has 2 N–H and O–H groups in total. The molecule has 0 saturated carbocycles. The van der Waals surface area contributed by atoms with Crippen molar-refractivity contribution in [3.63, 3.8) is 0 Å². The minimum absolute atomic E-state index is 0.117. The lowest BCUT2D eigenvalue weighted by atomic mass is 9.95. The molecule has 0 aliphatic carbocycles. The molecule has 0 unspecified atom stereocenters. The molecule has 1 saturated heterocycles. The van der Waals surface area contributed by atoms with Gasteiger partial charge in [0.15, 0.2) is 0 Å². The number of halogens is 1. The lowest BCUT2D eigenvalue weighted by Gasteiger charge is -2.31. The molecule has 2 aromatic carbocycles. The van der Waals surface area contributed by atoms with E-state index < -0.39 is 15.8 Å². The van der Waals surface area contributed by atoms with Gasteiger partial charge in [-0.1, -0.05) is 12.1 Å². The predicted octanol–water partition coefficient (Wildman–Crippen LogP) is 3.75. The fourth-order valence-electron chi connectivity index (χ4n) is 3.48. The Morgan fingerprint density at radius 2 is 1.83 bits per heavy atom. The number of carbonyl (C=O) groups is 1. The highest BCUT2D eigenvalue weighted by Gasteiger charge is 2.29. The molecule has 6 nitrogen and oxygen atoms in total. The number of nitrogens with zero attached hydrogens (tertiary/aromatic N) is 1. The molecule has 1 aliphatic heterocycles. The van der Waals surface area contributed by atoms with Gasteiger partial charge in [0.1, 0.15) is 5.82 Å². The number of benzene rings is 2. The highest BCUT2D eigenvalue weighted by molar-refractivity contribution is 7.89. The zero-order valence-electron chi connectivity index (χ0n) is 16.4. The highest BCUT2D eigenvalue weighted by Crippen LogP contribution is 2.25. The molecule has 156 valence electrons. The number of hydrogen-bond donors (Lipinski definition) is 2. The van der Waals surface area contributed by atoms with Gasteiger partial charge >= 0.3 is 6.03 Å². The van der Waals surface area contributed by atoms with Crippen molar-refractivity contribution >= 4 is 21.7 Å². The second-order valence-corrected chi connectivity index (χ2v) is 9.28. The Morgan fingerprint density at radius 3 is 2.48 bits per heavy atom. The lowest BCUT2D eigenvalue weighted by Crippen LogP contribution is -2.39. The molecule has 1 heterocycles. The summed E-state index contributed by atoms with van der Waals surface area (Å²) in [5.41, 5.74) is 1.83. The summed E-state index contributed by atoms with van der Waals surface area (Å²) in [5, 5.41) is 5.66. The minimum atomic E-state index is -3.59. The molecule has 0 radical (unpaired) electrons. The summed E-state index contributed by atoms with van der Waals surface area (Å²) in [6.07, 6.45) is 2.27. The molecule has 0 spiro atoms. The normalized spacial score (nSPS) is 15.8. The number of urea groups is 1. The van der Waals surface area contributed by atoms with E-state index in [1.165, 1.54) is 16.4 Å². The molecule has 0 aromatic heterocycles. The van der Waals surface area contributed by atoms with Gasteiger partial charge in [0, 0.05) is 25.3 Å². The zero-order valence-corrected chi connectivity index (χ0v) is 17.2. The molecule has 3 rings (SSSR count). The fourth-order valence-corrected chi connectivity index (χ4v) is 4.95. The van der Waals surface area contributed by atoms with Gasteiger partial charge in [0.05, 0.1) is 4.90 Å². The van der Waals surface area contributed by atoms with Crippen LogP contribution in [-0.4, -0.2) is 38.4 Å². The second-order valence-electron chi connectivity index (χ2n) is 7.34. The Bertz CT molecular complexity index is 940. The van der Waals surface area contributed by atoms with Crippen molar-refractivity contribution in [1.82, 2.24) is 9.62 Å². The molecular formula is C21H26FN3O3S.